The molecule has 0 spiro atoms. The van der Waals surface area contributed by atoms with Crippen LogP contribution in [0.3, 0.4) is 0 Å². The van der Waals surface area contributed by atoms with Crippen LogP contribution in [0.25, 0.3) is 0 Å². The fourth-order valence-corrected chi connectivity index (χ4v) is 2.86. The number of amides is 3. The summed E-state index contributed by atoms with van der Waals surface area (Å²) in [5.41, 5.74) is 0.966. The van der Waals surface area contributed by atoms with E-state index in [1.54, 1.807) is 31.2 Å². The van der Waals surface area contributed by atoms with Crippen LogP contribution >= 0.6 is 11.6 Å². The summed E-state index contributed by atoms with van der Waals surface area (Å²) in [6.45, 7) is 1.67. The number of carbonyl (C=O) groups excluding carboxylic acids is 2. The minimum Gasteiger partial charge on any atom is -0.406 e. The summed E-state index contributed by atoms with van der Waals surface area (Å²) in [6, 6.07) is 10.2. The molecule has 0 unspecified atom stereocenters. The molecule has 27 heavy (non-hydrogen) atoms. The normalized spacial score (nSPS) is 17.6. The maximum Gasteiger partial charge on any atom is 0.573 e. The molecule has 2 aromatic carbocycles. The van der Waals surface area contributed by atoms with Gasteiger partial charge in [-0.15, -0.1) is 13.2 Å². The molecule has 5 nitrogen and oxygen atoms in total. The molecular weight excluding hydrogens is 385 g/mol. The third-order valence-corrected chi connectivity index (χ3v) is 4.33. The first-order chi connectivity index (χ1) is 12.7. The molecule has 9 heteroatoms. The fourth-order valence-electron chi connectivity index (χ4n) is 2.73. The van der Waals surface area contributed by atoms with Gasteiger partial charge in [0.15, 0.2) is 0 Å². The van der Waals surface area contributed by atoms with Gasteiger partial charge in [-0.3, -0.25) is 4.79 Å². The van der Waals surface area contributed by atoms with E-state index in [9.17, 15) is 22.8 Å². The average Bonchev–Trinajstić information content (AvgIpc) is 2.80. The van der Waals surface area contributed by atoms with Crippen molar-refractivity contribution in [3.8, 4) is 5.75 Å². The van der Waals surface area contributed by atoms with Crippen molar-refractivity contribution in [1.29, 1.82) is 0 Å². The van der Waals surface area contributed by atoms with Crippen molar-refractivity contribution in [2.45, 2.75) is 25.9 Å². The second-order valence-corrected chi connectivity index (χ2v) is 6.36. The number of nitrogens with zero attached hydrogens (tertiary/aromatic N) is 2. The summed E-state index contributed by atoms with van der Waals surface area (Å²) >= 11 is 5.83. The summed E-state index contributed by atoms with van der Waals surface area (Å²) < 4.78 is 40.5. The predicted molar refractivity (Wildman–Crippen MR) is 92.5 cm³/mol. The second kappa shape index (κ2) is 7.11. The van der Waals surface area contributed by atoms with E-state index < -0.39 is 18.4 Å². The highest BCUT2D eigenvalue weighted by molar-refractivity contribution is 6.30. The van der Waals surface area contributed by atoms with E-state index in [0.29, 0.717) is 16.3 Å². The fraction of sp³-hybridized carbons (Fsp3) is 0.222. The van der Waals surface area contributed by atoms with Crippen LogP contribution in [0.1, 0.15) is 12.5 Å². The molecule has 142 valence electrons. The Bertz CT molecular complexity index is 854. The summed E-state index contributed by atoms with van der Waals surface area (Å²) in [5.74, 6) is -0.745. The van der Waals surface area contributed by atoms with Crippen LogP contribution in [0.5, 0.6) is 5.75 Å². The minimum absolute atomic E-state index is 0.0716. The second-order valence-electron chi connectivity index (χ2n) is 5.93. The van der Waals surface area contributed by atoms with Gasteiger partial charge >= 0.3 is 12.4 Å². The first-order valence-electron chi connectivity index (χ1n) is 7.90. The van der Waals surface area contributed by atoms with Gasteiger partial charge in [-0.2, -0.15) is 0 Å². The van der Waals surface area contributed by atoms with E-state index in [1.807, 2.05) is 0 Å². The van der Waals surface area contributed by atoms with Crippen molar-refractivity contribution >= 4 is 29.2 Å². The molecule has 1 aliphatic rings. The zero-order valence-corrected chi connectivity index (χ0v) is 14.8. The van der Waals surface area contributed by atoms with E-state index in [0.717, 1.165) is 17.0 Å². The maximum atomic E-state index is 12.7. The number of halogens is 4. The van der Waals surface area contributed by atoms with E-state index in [4.69, 9.17) is 11.6 Å². The van der Waals surface area contributed by atoms with Gasteiger partial charge in [-0.05, 0) is 48.9 Å². The lowest BCUT2D eigenvalue weighted by molar-refractivity contribution is -0.274. The number of rotatable bonds is 4. The standard InChI is InChI=1S/C18H14ClF3N2O3/c1-11-16(25)24(14-6-4-13(19)5-7-14)17(26)23(11)10-12-2-8-15(9-3-12)27-18(20,21)22/h2-9,11H,10H2,1H3/t11-/m0/s1. The van der Waals surface area contributed by atoms with Gasteiger partial charge in [0.1, 0.15) is 11.8 Å². The molecule has 1 atom stereocenters. The van der Waals surface area contributed by atoms with Gasteiger partial charge in [-0.1, -0.05) is 23.7 Å². The number of anilines is 1. The van der Waals surface area contributed by atoms with Gasteiger partial charge in [0.05, 0.1) is 5.69 Å². The Kier molecular flexibility index (Phi) is 5.01. The zero-order chi connectivity index (χ0) is 19.8. The molecule has 0 saturated carbocycles. The number of benzene rings is 2. The quantitative estimate of drug-likeness (QED) is 0.707. The minimum atomic E-state index is -4.77. The highest BCUT2D eigenvalue weighted by Crippen LogP contribution is 2.28. The van der Waals surface area contributed by atoms with Crippen LogP contribution in [0, 0.1) is 0 Å². The summed E-state index contributed by atoms with van der Waals surface area (Å²) in [6.07, 6.45) is -4.77. The highest BCUT2D eigenvalue weighted by Gasteiger charge is 2.43. The summed E-state index contributed by atoms with van der Waals surface area (Å²) in [7, 11) is 0. The van der Waals surface area contributed by atoms with Crippen LogP contribution in [-0.2, 0) is 11.3 Å². The highest BCUT2D eigenvalue weighted by atomic mass is 35.5. The Morgan fingerprint density at radius 2 is 1.63 bits per heavy atom. The number of ether oxygens (including phenoxy) is 1. The van der Waals surface area contributed by atoms with Crippen LogP contribution < -0.4 is 9.64 Å². The largest absolute Gasteiger partial charge is 0.573 e. The molecule has 0 radical (unpaired) electrons. The predicted octanol–water partition coefficient (Wildman–Crippen LogP) is 4.60. The molecule has 0 bridgehead atoms. The van der Waals surface area contributed by atoms with Crippen LogP contribution in [0.2, 0.25) is 5.02 Å². The smallest absolute Gasteiger partial charge is 0.406 e. The Morgan fingerprint density at radius 1 is 1.04 bits per heavy atom. The van der Waals surface area contributed by atoms with E-state index in [1.165, 1.54) is 17.0 Å². The molecular formula is C18H14ClF3N2O3. The third-order valence-electron chi connectivity index (χ3n) is 4.08. The molecule has 1 saturated heterocycles. The SMILES string of the molecule is C[C@H]1C(=O)N(c2ccc(Cl)cc2)C(=O)N1Cc1ccc(OC(F)(F)F)cc1. The third kappa shape index (κ3) is 4.16. The maximum absolute atomic E-state index is 12.7. The number of hydrogen-bond donors (Lipinski definition) is 0. The molecule has 0 aliphatic carbocycles. The van der Waals surface area contributed by atoms with Gasteiger partial charge in [0.2, 0.25) is 0 Å². The molecule has 1 aliphatic heterocycles. The molecule has 3 amide bonds. The van der Waals surface area contributed by atoms with Gasteiger partial charge in [0, 0.05) is 11.6 Å². The van der Waals surface area contributed by atoms with E-state index >= 15 is 0 Å². The van der Waals surface area contributed by atoms with Crippen molar-refractivity contribution in [1.82, 2.24) is 4.90 Å². The molecule has 0 N–H and O–H groups in total. The lowest BCUT2D eigenvalue weighted by atomic mass is 10.2. The van der Waals surface area contributed by atoms with E-state index in [2.05, 4.69) is 4.74 Å². The number of carbonyl (C=O) groups is 2. The number of hydrogen-bond acceptors (Lipinski definition) is 3. The molecule has 1 heterocycles. The van der Waals surface area contributed by atoms with Gasteiger partial charge in [-0.25, -0.2) is 9.69 Å². The Balaban J connectivity index is 1.76. The number of urea groups is 1. The van der Waals surface area contributed by atoms with Gasteiger partial charge in [0.25, 0.3) is 5.91 Å². The lowest BCUT2D eigenvalue weighted by Gasteiger charge is -2.19. The van der Waals surface area contributed by atoms with Crippen LogP contribution in [-0.4, -0.2) is 29.2 Å². The summed E-state index contributed by atoms with van der Waals surface area (Å²) in [5, 5.41) is 0.476. The average molecular weight is 399 g/mol. The molecule has 1 fully saturated rings. The van der Waals surface area contributed by atoms with Crippen molar-refractivity contribution in [2.75, 3.05) is 4.90 Å². The van der Waals surface area contributed by atoms with Crippen LogP contribution in [0.15, 0.2) is 48.5 Å². The first kappa shape index (κ1) is 19.0. The lowest BCUT2D eigenvalue weighted by Crippen LogP contribution is -2.33. The Morgan fingerprint density at radius 3 is 2.19 bits per heavy atom. The Labute approximate surface area is 157 Å². The molecule has 0 aromatic heterocycles. The number of alkyl halides is 3. The monoisotopic (exact) mass is 398 g/mol. The van der Waals surface area contributed by atoms with Crippen molar-refractivity contribution < 1.29 is 27.5 Å². The summed E-state index contributed by atoms with van der Waals surface area (Å²) in [4.78, 5) is 27.6. The number of imide groups is 1. The molecule has 3 rings (SSSR count). The Hall–Kier alpha value is -2.74. The van der Waals surface area contributed by atoms with Gasteiger partial charge < -0.3 is 9.64 Å². The topological polar surface area (TPSA) is 49.9 Å². The van der Waals surface area contributed by atoms with E-state index in [-0.39, 0.29) is 18.2 Å². The van der Waals surface area contributed by atoms with Crippen LogP contribution in [0.4, 0.5) is 23.7 Å². The van der Waals surface area contributed by atoms with Crippen molar-refractivity contribution in [3.63, 3.8) is 0 Å². The molecule has 2 aromatic rings. The van der Waals surface area contributed by atoms with Crippen molar-refractivity contribution in [2.24, 2.45) is 0 Å². The van der Waals surface area contributed by atoms with Crippen molar-refractivity contribution in [3.05, 3.63) is 59.1 Å². The first-order valence-corrected chi connectivity index (χ1v) is 8.28. The zero-order valence-electron chi connectivity index (χ0n) is 14.0.